The zero-order valence-electron chi connectivity index (χ0n) is 21.8. The molecule has 5 rings (SSSR count). The van der Waals surface area contributed by atoms with Gasteiger partial charge in [0.25, 0.3) is 5.89 Å². The van der Waals surface area contributed by atoms with Gasteiger partial charge in [-0.3, -0.25) is 0 Å². The summed E-state index contributed by atoms with van der Waals surface area (Å²) in [5, 5.41) is 31.0. The van der Waals surface area contributed by atoms with Crippen LogP contribution in [0.1, 0.15) is 56.3 Å². The number of nitrogens with zero attached hydrogens (tertiary/aromatic N) is 4. The first-order chi connectivity index (χ1) is 18.5. The van der Waals surface area contributed by atoms with Crippen molar-refractivity contribution in [1.82, 2.24) is 20.1 Å². The Hall–Kier alpha value is -3.87. The number of hydrogen-bond donors (Lipinski definition) is 4. The van der Waals surface area contributed by atoms with Gasteiger partial charge < -0.3 is 25.4 Å². The van der Waals surface area contributed by atoms with E-state index in [-0.39, 0.29) is 40.9 Å². The molecule has 0 bridgehead atoms. The fraction of sp³-hybridized carbons (Fsp3) is 0.333. The summed E-state index contributed by atoms with van der Waals surface area (Å²) in [5.41, 5.74) is 1.82. The normalized spacial score (nSPS) is 17.3. The van der Waals surface area contributed by atoms with Gasteiger partial charge in [-0.2, -0.15) is 9.97 Å². The van der Waals surface area contributed by atoms with Crippen molar-refractivity contribution in [3.8, 4) is 11.5 Å². The van der Waals surface area contributed by atoms with E-state index in [1.165, 1.54) is 12.3 Å². The Morgan fingerprint density at radius 3 is 2.59 bits per heavy atom. The highest BCUT2D eigenvalue weighted by atomic mass is 32.2. The van der Waals surface area contributed by atoms with E-state index in [1.54, 1.807) is 12.1 Å². The second-order valence-corrected chi connectivity index (χ2v) is 12.5. The minimum Gasteiger partial charge on any atom is -0.394 e. The van der Waals surface area contributed by atoms with Crippen LogP contribution in [0.2, 0.25) is 0 Å². The van der Waals surface area contributed by atoms with E-state index in [4.69, 9.17) is 4.52 Å². The lowest BCUT2D eigenvalue weighted by atomic mass is 9.96. The van der Waals surface area contributed by atoms with Crippen molar-refractivity contribution in [2.24, 2.45) is 0 Å². The predicted molar refractivity (Wildman–Crippen MR) is 145 cm³/mol. The van der Waals surface area contributed by atoms with Crippen molar-refractivity contribution in [1.29, 1.82) is 0 Å². The Kier molecular flexibility index (Phi) is 7.10. The monoisotopic (exact) mass is 550 g/mol. The largest absolute Gasteiger partial charge is 0.394 e. The lowest BCUT2D eigenvalue weighted by Crippen LogP contribution is -2.20. The number of aliphatic hydroxyl groups is 2. The van der Waals surface area contributed by atoms with Crippen LogP contribution in [0.5, 0.6) is 0 Å². The Morgan fingerprint density at radius 1 is 1.13 bits per heavy atom. The molecule has 2 aromatic heterocycles. The van der Waals surface area contributed by atoms with Gasteiger partial charge in [-0.1, -0.05) is 56.3 Å². The molecule has 4 N–H and O–H groups in total. The van der Waals surface area contributed by atoms with Crippen molar-refractivity contribution in [2.45, 2.75) is 49.6 Å². The maximum atomic E-state index is 12.4. The van der Waals surface area contributed by atoms with Gasteiger partial charge in [0, 0.05) is 22.9 Å². The molecule has 0 fully saturated rings. The molecule has 0 amide bonds. The highest BCUT2D eigenvalue weighted by Crippen LogP contribution is 2.35. The van der Waals surface area contributed by atoms with E-state index in [0.717, 1.165) is 5.56 Å². The molecule has 0 aliphatic carbocycles. The minimum absolute atomic E-state index is 0.0897. The van der Waals surface area contributed by atoms with Crippen molar-refractivity contribution >= 4 is 27.3 Å². The third-order valence-corrected chi connectivity index (χ3v) is 8.25. The van der Waals surface area contributed by atoms with Crippen LogP contribution in [0.4, 0.5) is 17.5 Å². The molecule has 2 atom stereocenters. The van der Waals surface area contributed by atoms with Crippen LogP contribution < -0.4 is 10.6 Å². The summed E-state index contributed by atoms with van der Waals surface area (Å²) < 4.78 is 30.4. The standard InChI is InChI=1S/C27H30N6O5S/c1-27(2,3)25-32-24(38-33-25)19-14-28-26(31-23(19)30-20(15-34)16-7-5-4-6-8-16)29-17-9-10-22-18(13-17)21(35)11-12-39(22,36)37/h4-10,13-14,20-21,34-35H,11-12,15H2,1-3H3,(H2,28,29,30,31)/t20-,21?/m1/s1. The molecule has 11 nitrogen and oxygen atoms in total. The lowest BCUT2D eigenvalue weighted by Gasteiger charge is -2.22. The zero-order valence-corrected chi connectivity index (χ0v) is 22.6. The Balaban J connectivity index is 1.52. The molecule has 1 aliphatic rings. The van der Waals surface area contributed by atoms with Gasteiger partial charge in [0.1, 0.15) is 11.4 Å². The van der Waals surface area contributed by atoms with Crippen LogP contribution in [-0.4, -0.2) is 51.1 Å². The summed E-state index contributed by atoms with van der Waals surface area (Å²) >= 11 is 0. The number of fused-ring (bicyclic) bond motifs is 1. The molecule has 12 heteroatoms. The van der Waals surface area contributed by atoms with Gasteiger partial charge in [-0.25, -0.2) is 13.4 Å². The van der Waals surface area contributed by atoms with Gasteiger partial charge in [-0.05, 0) is 30.2 Å². The van der Waals surface area contributed by atoms with Crippen LogP contribution in [0.25, 0.3) is 11.5 Å². The number of aliphatic hydroxyl groups excluding tert-OH is 2. The molecule has 4 aromatic rings. The van der Waals surface area contributed by atoms with Crippen LogP contribution in [0, 0.1) is 0 Å². The van der Waals surface area contributed by atoms with Gasteiger partial charge in [0.05, 0.1) is 29.4 Å². The Labute approximate surface area is 226 Å². The maximum absolute atomic E-state index is 12.4. The number of rotatable bonds is 7. The zero-order chi connectivity index (χ0) is 27.8. The smallest absolute Gasteiger partial charge is 0.263 e. The number of hydrogen-bond acceptors (Lipinski definition) is 11. The number of sulfone groups is 1. The molecule has 3 heterocycles. The fourth-order valence-corrected chi connectivity index (χ4v) is 5.84. The van der Waals surface area contributed by atoms with E-state index in [1.807, 2.05) is 51.1 Å². The quantitative estimate of drug-likeness (QED) is 0.264. The lowest BCUT2D eigenvalue weighted by molar-refractivity contribution is 0.168. The number of benzene rings is 2. The maximum Gasteiger partial charge on any atom is 0.263 e. The van der Waals surface area contributed by atoms with Gasteiger partial charge >= 0.3 is 0 Å². The predicted octanol–water partition coefficient (Wildman–Crippen LogP) is 3.92. The number of aromatic nitrogens is 4. The van der Waals surface area contributed by atoms with Gasteiger partial charge in [-0.15, -0.1) is 0 Å². The van der Waals surface area contributed by atoms with Crippen LogP contribution in [0.15, 0.2) is 64.1 Å². The second kappa shape index (κ2) is 10.4. The average Bonchev–Trinajstić information content (AvgIpc) is 3.41. The summed E-state index contributed by atoms with van der Waals surface area (Å²) in [6.07, 6.45) is 0.798. The van der Waals surface area contributed by atoms with E-state index >= 15 is 0 Å². The summed E-state index contributed by atoms with van der Waals surface area (Å²) in [7, 11) is -3.43. The van der Waals surface area contributed by atoms with E-state index in [9.17, 15) is 18.6 Å². The van der Waals surface area contributed by atoms with E-state index in [2.05, 4.69) is 30.7 Å². The first-order valence-corrected chi connectivity index (χ1v) is 14.2. The third kappa shape index (κ3) is 5.63. The third-order valence-electron chi connectivity index (χ3n) is 6.43. The summed E-state index contributed by atoms with van der Waals surface area (Å²) in [4.78, 5) is 13.7. The van der Waals surface area contributed by atoms with E-state index < -0.39 is 22.0 Å². The van der Waals surface area contributed by atoms with Crippen LogP contribution in [0.3, 0.4) is 0 Å². The van der Waals surface area contributed by atoms with Gasteiger partial charge in [0.15, 0.2) is 15.7 Å². The topological polar surface area (TPSA) is 163 Å². The molecule has 1 aliphatic heterocycles. The summed E-state index contributed by atoms with van der Waals surface area (Å²) in [6, 6.07) is 13.6. The van der Waals surface area contributed by atoms with Crippen molar-refractivity contribution < 1.29 is 23.2 Å². The molecular formula is C27H30N6O5S. The average molecular weight is 551 g/mol. The Morgan fingerprint density at radius 2 is 1.90 bits per heavy atom. The fourth-order valence-electron chi connectivity index (χ4n) is 4.26. The van der Waals surface area contributed by atoms with Crippen molar-refractivity contribution in [2.75, 3.05) is 23.0 Å². The SMILES string of the molecule is CC(C)(C)c1noc(-c2cnc(Nc3ccc4c(c3)C(O)CCS4(=O)=O)nc2N[C@H](CO)c2ccccc2)n1. The van der Waals surface area contributed by atoms with Crippen LogP contribution >= 0.6 is 0 Å². The number of nitrogens with one attached hydrogen (secondary N) is 2. The molecule has 0 spiro atoms. The molecule has 0 radical (unpaired) electrons. The minimum atomic E-state index is -3.43. The number of anilines is 3. The molecule has 0 saturated heterocycles. The molecule has 2 aromatic carbocycles. The molecule has 39 heavy (non-hydrogen) atoms. The molecule has 204 valence electrons. The van der Waals surface area contributed by atoms with E-state index in [0.29, 0.717) is 28.5 Å². The second-order valence-electron chi connectivity index (χ2n) is 10.4. The Bertz CT molecular complexity index is 1580. The first kappa shape index (κ1) is 26.7. The highest BCUT2D eigenvalue weighted by molar-refractivity contribution is 7.91. The molecule has 1 unspecified atom stereocenters. The molecule has 0 saturated carbocycles. The van der Waals surface area contributed by atoms with Gasteiger partial charge in [0.2, 0.25) is 5.95 Å². The van der Waals surface area contributed by atoms with Crippen molar-refractivity contribution in [3.05, 3.63) is 71.7 Å². The highest BCUT2D eigenvalue weighted by Gasteiger charge is 2.29. The van der Waals surface area contributed by atoms with Crippen molar-refractivity contribution in [3.63, 3.8) is 0 Å². The molecular weight excluding hydrogens is 520 g/mol. The van der Waals surface area contributed by atoms with Crippen LogP contribution in [-0.2, 0) is 15.3 Å². The first-order valence-electron chi connectivity index (χ1n) is 12.5. The summed E-state index contributed by atoms with van der Waals surface area (Å²) in [6.45, 7) is 5.72. The summed E-state index contributed by atoms with van der Waals surface area (Å²) in [5.74, 6) is 1.21.